The summed E-state index contributed by atoms with van der Waals surface area (Å²) < 4.78 is 5.61. The Balaban J connectivity index is 2.22. The fourth-order valence-corrected chi connectivity index (χ4v) is 1.76. The van der Waals surface area contributed by atoms with E-state index < -0.39 is 0 Å². The summed E-state index contributed by atoms with van der Waals surface area (Å²) >= 11 is 0. The minimum Gasteiger partial charge on any atom is -0.418 e. The van der Waals surface area contributed by atoms with E-state index in [0.29, 0.717) is 17.4 Å². The molecule has 17 heavy (non-hydrogen) atoms. The Morgan fingerprint density at radius 3 is 2.71 bits per heavy atom. The zero-order valence-electron chi connectivity index (χ0n) is 9.34. The maximum absolute atomic E-state index is 5.61. The molecule has 4 nitrogen and oxygen atoms in total. The topological polar surface area (TPSA) is 64.9 Å². The Labute approximate surface area is 98.1 Å². The van der Waals surface area contributed by atoms with Crippen LogP contribution in [0.25, 0.3) is 22.7 Å². The molecule has 0 atom stereocenters. The van der Waals surface area contributed by atoms with Gasteiger partial charge in [-0.15, -0.1) is 0 Å². The average molecular weight is 225 g/mol. The molecule has 0 saturated carbocycles. The summed E-state index contributed by atoms with van der Waals surface area (Å²) in [7, 11) is 0. The summed E-state index contributed by atoms with van der Waals surface area (Å²) in [6.45, 7) is 2.02. The van der Waals surface area contributed by atoms with Crippen molar-refractivity contribution >= 4 is 17.0 Å². The van der Waals surface area contributed by atoms with Gasteiger partial charge in [0.25, 0.3) is 0 Å². The monoisotopic (exact) mass is 225 g/mol. The van der Waals surface area contributed by atoms with E-state index in [4.69, 9.17) is 10.2 Å². The lowest BCUT2D eigenvalue weighted by molar-refractivity contribution is 0.608. The van der Waals surface area contributed by atoms with Crippen LogP contribution in [0, 0.1) is 6.92 Å². The Morgan fingerprint density at radius 1 is 1.06 bits per heavy atom. The van der Waals surface area contributed by atoms with Crippen LogP contribution in [0.2, 0.25) is 0 Å². The third kappa shape index (κ3) is 1.63. The number of nitrogens with zero attached hydrogens (tertiary/aromatic N) is 2. The van der Waals surface area contributed by atoms with E-state index in [-0.39, 0.29) is 0 Å². The summed E-state index contributed by atoms with van der Waals surface area (Å²) in [5.41, 5.74) is 8.89. The molecule has 0 bridgehead atoms. The van der Waals surface area contributed by atoms with Crippen molar-refractivity contribution in [3.8, 4) is 11.5 Å². The van der Waals surface area contributed by atoms with Crippen LogP contribution in [0.4, 0.5) is 5.82 Å². The maximum atomic E-state index is 5.61. The zero-order chi connectivity index (χ0) is 11.8. The van der Waals surface area contributed by atoms with Crippen LogP contribution in [0.5, 0.6) is 0 Å². The lowest BCUT2D eigenvalue weighted by Crippen LogP contribution is -1.87. The maximum Gasteiger partial charge on any atom is 0.249 e. The highest BCUT2D eigenvalue weighted by Crippen LogP contribution is 2.25. The van der Waals surface area contributed by atoms with Gasteiger partial charge in [0.2, 0.25) is 11.6 Å². The molecule has 1 aromatic carbocycles. The first kappa shape index (κ1) is 9.84. The molecule has 0 radical (unpaired) electrons. The highest BCUT2D eigenvalue weighted by atomic mass is 16.4. The zero-order valence-corrected chi connectivity index (χ0v) is 9.34. The minimum atomic E-state index is 0.435. The first-order valence-electron chi connectivity index (χ1n) is 5.33. The van der Waals surface area contributed by atoms with E-state index in [9.17, 15) is 0 Å². The number of pyridine rings is 1. The van der Waals surface area contributed by atoms with Gasteiger partial charge in [0, 0.05) is 5.56 Å². The van der Waals surface area contributed by atoms with Crippen molar-refractivity contribution in [2.24, 2.45) is 0 Å². The van der Waals surface area contributed by atoms with Crippen LogP contribution in [-0.2, 0) is 0 Å². The van der Waals surface area contributed by atoms with Crippen LogP contribution < -0.4 is 5.73 Å². The number of nitrogens with two attached hydrogens (primary N) is 1. The van der Waals surface area contributed by atoms with Gasteiger partial charge in [0.05, 0.1) is 0 Å². The predicted octanol–water partition coefficient (Wildman–Crippen LogP) is 2.78. The Kier molecular flexibility index (Phi) is 2.08. The summed E-state index contributed by atoms with van der Waals surface area (Å²) in [6.07, 6.45) is 0. The van der Waals surface area contributed by atoms with E-state index in [1.807, 2.05) is 37.3 Å². The van der Waals surface area contributed by atoms with Crippen LogP contribution in [0.3, 0.4) is 0 Å². The number of aryl methyl sites for hydroxylation is 1. The largest absolute Gasteiger partial charge is 0.418 e. The average Bonchev–Trinajstić information content (AvgIpc) is 2.72. The molecular weight excluding hydrogens is 214 g/mol. The van der Waals surface area contributed by atoms with Crippen molar-refractivity contribution in [3.05, 3.63) is 42.0 Å². The molecule has 0 aliphatic rings. The molecule has 0 saturated heterocycles. The van der Waals surface area contributed by atoms with Crippen molar-refractivity contribution in [1.29, 1.82) is 0 Å². The predicted molar refractivity (Wildman–Crippen MR) is 66.4 cm³/mol. The highest BCUT2D eigenvalue weighted by Gasteiger charge is 2.10. The summed E-state index contributed by atoms with van der Waals surface area (Å²) in [5, 5.41) is 0. The van der Waals surface area contributed by atoms with Gasteiger partial charge in [-0.1, -0.05) is 18.2 Å². The van der Waals surface area contributed by atoms with Crippen molar-refractivity contribution in [2.75, 3.05) is 5.73 Å². The Morgan fingerprint density at radius 2 is 1.88 bits per heavy atom. The molecule has 2 heterocycles. The van der Waals surface area contributed by atoms with E-state index in [1.54, 1.807) is 6.07 Å². The number of aromatic nitrogens is 2. The van der Waals surface area contributed by atoms with E-state index >= 15 is 0 Å². The molecule has 84 valence electrons. The number of nitrogen functional groups attached to an aromatic ring is 1. The fraction of sp³-hybridized carbons (Fsp3) is 0.0769. The van der Waals surface area contributed by atoms with E-state index in [1.165, 1.54) is 0 Å². The molecule has 2 N–H and O–H groups in total. The first-order valence-corrected chi connectivity index (χ1v) is 5.33. The minimum absolute atomic E-state index is 0.435. The SMILES string of the molecule is Cc1ccccc1-c1nc2ccc(N)nc2o1. The van der Waals surface area contributed by atoms with Gasteiger partial charge in [0.1, 0.15) is 11.3 Å². The number of hydrogen-bond acceptors (Lipinski definition) is 4. The number of anilines is 1. The summed E-state index contributed by atoms with van der Waals surface area (Å²) in [4.78, 5) is 8.50. The van der Waals surface area contributed by atoms with Gasteiger partial charge in [-0.3, -0.25) is 0 Å². The summed E-state index contributed by atoms with van der Waals surface area (Å²) in [5.74, 6) is 1.01. The molecule has 2 aromatic heterocycles. The van der Waals surface area contributed by atoms with Crippen molar-refractivity contribution < 1.29 is 4.42 Å². The molecule has 0 amide bonds. The highest BCUT2D eigenvalue weighted by molar-refractivity contribution is 5.74. The number of rotatable bonds is 1. The fourth-order valence-electron chi connectivity index (χ4n) is 1.76. The Bertz CT molecular complexity index is 688. The third-order valence-corrected chi connectivity index (χ3v) is 2.65. The number of hydrogen-bond donors (Lipinski definition) is 1. The summed E-state index contributed by atoms with van der Waals surface area (Å²) in [6, 6.07) is 11.5. The molecule has 4 heteroatoms. The van der Waals surface area contributed by atoms with Gasteiger partial charge >= 0.3 is 0 Å². The molecule has 0 spiro atoms. The van der Waals surface area contributed by atoms with Gasteiger partial charge in [-0.25, -0.2) is 4.98 Å². The van der Waals surface area contributed by atoms with Gasteiger partial charge < -0.3 is 10.2 Å². The van der Waals surface area contributed by atoms with Crippen LogP contribution >= 0.6 is 0 Å². The normalized spacial score (nSPS) is 10.9. The molecule has 0 unspecified atom stereocenters. The van der Waals surface area contributed by atoms with E-state index in [2.05, 4.69) is 9.97 Å². The second-order valence-corrected chi connectivity index (χ2v) is 3.89. The molecular formula is C13H11N3O. The third-order valence-electron chi connectivity index (χ3n) is 2.65. The van der Waals surface area contributed by atoms with Crippen molar-refractivity contribution in [2.45, 2.75) is 6.92 Å². The Hall–Kier alpha value is -2.36. The van der Waals surface area contributed by atoms with Crippen molar-refractivity contribution in [1.82, 2.24) is 9.97 Å². The second kappa shape index (κ2) is 3.59. The molecule has 0 aliphatic carbocycles. The number of fused-ring (bicyclic) bond motifs is 1. The molecule has 0 aliphatic heterocycles. The standard InChI is InChI=1S/C13H11N3O/c1-8-4-2-3-5-9(8)12-15-10-6-7-11(14)16-13(10)17-12/h2-7H,1H3,(H2,14,16). The molecule has 3 rings (SSSR count). The number of oxazole rings is 1. The van der Waals surface area contributed by atoms with E-state index in [0.717, 1.165) is 16.6 Å². The lowest BCUT2D eigenvalue weighted by atomic mass is 10.1. The quantitative estimate of drug-likeness (QED) is 0.691. The van der Waals surface area contributed by atoms with Crippen LogP contribution in [-0.4, -0.2) is 9.97 Å². The van der Waals surface area contributed by atoms with Gasteiger partial charge in [-0.2, -0.15) is 4.98 Å². The first-order chi connectivity index (χ1) is 8.24. The smallest absolute Gasteiger partial charge is 0.249 e. The van der Waals surface area contributed by atoms with Crippen molar-refractivity contribution in [3.63, 3.8) is 0 Å². The van der Waals surface area contributed by atoms with Crippen LogP contribution in [0.1, 0.15) is 5.56 Å². The molecule has 0 fully saturated rings. The second-order valence-electron chi connectivity index (χ2n) is 3.89. The van der Waals surface area contributed by atoms with Gasteiger partial charge in [-0.05, 0) is 30.7 Å². The van der Waals surface area contributed by atoms with Crippen LogP contribution in [0.15, 0.2) is 40.8 Å². The lowest BCUT2D eigenvalue weighted by Gasteiger charge is -1.98. The van der Waals surface area contributed by atoms with Gasteiger partial charge in [0.15, 0.2) is 0 Å². The number of benzene rings is 1. The molecule has 3 aromatic rings.